The van der Waals surface area contributed by atoms with E-state index in [2.05, 4.69) is 19.6 Å². The van der Waals surface area contributed by atoms with Gasteiger partial charge in [-0.15, -0.1) is 13.2 Å². The summed E-state index contributed by atoms with van der Waals surface area (Å²) in [6, 6.07) is 7.94. The van der Waals surface area contributed by atoms with Crippen LogP contribution in [0.15, 0.2) is 36.5 Å². The van der Waals surface area contributed by atoms with Gasteiger partial charge in [-0.25, -0.2) is 18.7 Å². The van der Waals surface area contributed by atoms with E-state index in [0.29, 0.717) is 29.5 Å². The molecule has 2 aromatic carbocycles. The maximum atomic E-state index is 15.2. The molecule has 7 nitrogen and oxygen atoms in total. The Labute approximate surface area is 241 Å². The lowest BCUT2D eigenvalue weighted by Gasteiger charge is -2.36. The average Bonchev–Trinajstić information content (AvgIpc) is 2.93. The van der Waals surface area contributed by atoms with Crippen molar-refractivity contribution in [3.8, 4) is 22.8 Å². The van der Waals surface area contributed by atoms with E-state index < -0.39 is 23.7 Å². The van der Waals surface area contributed by atoms with Gasteiger partial charge in [0.25, 0.3) is 0 Å². The van der Waals surface area contributed by atoms with E-state index in [1.807, 2.05) is 37.7 Å². The number of anilines is 2. The highest BCUT2D eigenvalue weighted by molar-refractivity contribution is 5.75. The third kappa shape index (κ3) is 6.53. The smallest absolute Gasteiger partial charge is 0.486 e. The van der Waals surface area contributed by atoms with Crippen molar-refractivity contribution in [3.05, 3.63) is 59.6 Å². The molecule has 1 saturated heterocycles. The van der Waals surface area contributed by atoms with Gasteiger partial charge in [-0.3, -0.25) is 0 Å². The fraction of sp³-hybridized carbons (Fsp3) is 0.467. The third-order valence-electron chi connectivity index (χ3n) is 7.75. The Kier molecular flexibility index (Phi) is 8.45. The number of hydrogen-bond donors (Lipinski definition) is 0. The number of halogens is 5. The molecular formula is C30H34F5N5O2. The first-order valence-corrected chi connectivity index (χ1v) is 13.9. The van der Waals surface area contributed by atoms with Crippen LogP contribution in [0.2, 0.25) is 0 Å². The third-order valence-corrected chi connectivity index (χ3v) is 7.75. The molecule has 1 fully saturated rings. The Morgan fingerprint density at radius 3 is 2.40 bits per heavy atom. The van der Waals surface area contributed by atoms with Crippen LogP contribution < -0.4 is 19.3 Å². The first-order valence-electron chi connectivity index (χ1n) is 13.9. The summed E-state index contributed by atoms with van der Waals surface area (Å²) in [4.78, 5) is 14.5. The summed E-state index contributed by atoms with van der Waals surface area (Å²) in [5.74, 6) is -1.61. The van der Waals surface area contributed by atoms with Gasteiger partial charge in [0.15, 0.2) is 17.3 Å². The Hall–Kier alpha value is -3.67. The fourth-order valence-electron chi connectivity index (χ4n) is 5.60. The minimum absolute atomic E-state index is 0.00799. The van der Waals surface area contributed by atoms with Crippen LogP contribution in [0.1, 0.15) is 38.1 Å². The predicted octanol–water partition coefficient (Wildman–Crippen LogP) is 6.05. The number of rotatable bonds is 7. The van der Waals surface area contributed by atoms with Gasteiger partial charge in [0.1, 0.15) is 23.9 Å². The maximum Gasteiger partial charge on any atom is 0.573 e. The van der Waals surface area contributed by atoms with Crippen molar-refractivity contribution in [2.45, 2.75) is 51.6 Å². The second-order valence-electron chi connectivity index (χ2n) is 11.1. The second kappa shape index (κ2) is 11.9. The second-order valence-corrected chi connectivity index (χ2v) is 11.1. The summed E-state index contributed by atoms with van der Waals surface area (Å²) in [5, 5.41) is 0. The molecule has 0 spiro atoms. The standard InChI is InChI=1S/C30H34F5N5O2/c1-18(2)40-11-12-41-29-23(32)15-20(16-25(29)40)28-26(42-30(33,34)35)17-36-27(37-28)14-19-5-6-24(22(31)13-19)39-9-7-21(8-10-39)38(3)4/h5-6,13,15-18,21H,7-12,14H2,1-4H3. The van der Waals surface area contributed by atoms with Gasteiger partial charge in [-0.05, 0) is 70.6 Å². The Balaban J connectivity index is 1.45. The molecule has 3 aromatic rings. The molecule has 0 atom stereocenters. The summed E-state index contributed by atoms with van der Waals surface area (Å²) in [5.41, 5.74) is 1.32. The van der Waals surface area contributed by atoms with Crippen LogP contribution in [-0.2, 0) is 6.42 Å². The van der Waals surface area contributed by atoms with Crippen LogP contribution in [-0.4, -0.2) is 73.7 Å². The lowest BCUT2D eigenvalue weighted by molar-refractivity contribution is -0.274. The predicted molar refractivity (Wildman–Crippen MR) is 150 cm³/mol. The zero-order valence-electron chi connectivity index (χ0n) is 24.0. The summed E-state index contributed by atoms with van der Waals surface area (Å²) < 4.78 is 79.9. The van der Waals surface area contributed by atoms with Crippen molar-refractivity contribution in [3.63, 3.8) is 0 Å². The van der Waals surface area contributed by atoms with E-state index in [1.165, 1.54) is 6.07 Å². The molecule has 2 aliphatic rings. The topological polar surface area (TPSA) is 54.0 Å². The van der Waals surface area contributed by atoms with Crippen molar-refractivity contribution in [2.24, 2.45) is 0 Å². The SMILES string of the molecule is CC(C)N1CCOc2c(F)cc(-c3nc(Cc4ccc(N5CCC(N(C)C)CC5)c(F)c4)ncc3OC(F)(F)F)cc21. The fourth-order valence-corrected chi connectivity index (χ4v) is 5.60. The minimum Gasteiger partial charge on any atom is -0.486 e. The van der Waals surface area contributed by atoms with Crippen LogP contribution >= 0.6 is 0 Å². The van der Waals surface area contributed by atoms with E-state index in [0.717, 1.165) is 38.2 Å². The van der Waals surface area contributed by atoms with E-state index in [9.17, 15) is 13.2 Å². The van der Waals surface area contributed by atoms with Gasteiger partial charge < -0.3 is 24.2 Å². The minimum atomic E-state index is -5.01. The molecule has 0 radical (unpaired) electrons. The molecule has 5 rings (SSSR count). The number of fused-ring (bicyclic) bond motifs is 1. The van der Waals surface area contributed by atoms with Crippen LogP contribution in [0, 0.1) is 11.6 Å². The molecule has 0 unspecified atom stereocenters. The molecule has 1 aromatic heterocycles. The summed E-state index contributed by atoms with van der Waals surface area (Å²) >= 11 is 0. The van der Waals surface area contributed by atoms with Gasteiger partial charge in [0.2, 0.25) is 0 Å². The lowest BCUT2D eigenvalue weighted by atomic mass is 10.0. The molecule has 0 N–H and O–H groups in total. The first-order chi connectivity index (χ1) is 19.9. The monoisotopic (exact) mass is 591 g/mol. The first kappa shape index (κ1) is 29.8. The summed E-state index contributed by atoms with van der Waals surface area (Å²) in [7, 11) is 4.09. The average molecular weight is 592 g/mol. The van der Waals surface area contributed by atoms with Crippen molar-refractivity contribution in [2.75, 3.05) is 50.1 Å². The number of nitrogens with zero attached hydrogens (tertiary/aromatic N) is 5. The van der Waals surface area contributed by atoms with Crippen molar-refractivity contribution < 1.29 is 31.4 Å². The molecule has 0 amide bonds. The van der Waals surface area contributed by atoms with E-state index in [1.54, 1.807) is 18.2 Å². The Bertz CT molecular complexity index is 1420. The van der Waals surface area contributed by atoms with Gasteiger partial charge in [0, 0.05) is 37.2 Å². The molecule has 2 aliphatic heterocycles. The molecule has 42 heavy (non-hydrogen) atoms. The zero-order valence-corrected chi connectivity index (χ0v) is 24.0. The van der Waals surface area contributed by atoms with Crippen LogP contribution in [0.25, 0.3) is 11.3 Å². The summed E-state index contributed by atoms with van der Waals surface area (Å²) in [6.45, 7) is 6.11. The van der Waals surface area contributed by atoms with Crippen molar-refractivity contribution in [1.82, 2.24) is 14.9 Å². The molecule has 12 heteroatoms. The highest BCUT2D eigenvalue weighted by atomic mass is 19.4. The highest BCUT2D eigenvalue weighted by Gasteiger charge is 2.34. The molecule has 226 valence electrons. The van der Waals surface area contributed by atoms with Crippen molar-refractivity contribution in [1.29, 1.82) is 0 Å². The van der Waals surface area contributed by atoms with Crippen LogP contribution in [0.4, 0.5) is 33.3 Å². The van der Waals surface area contributed by atoms with Gasteiger partial charge in [-0.1, -0.05) is 6.07 Å². The van der Waals surface area contributed by atoms with E-state index in [-0.39, 0.29) is 41.9 Å². The van der Waals surface area contributed by atoms with E-state index in [4.69, 9.17) is 4.74 Å². The normalized spacial score (nSPS) is 16.2. The van der Waals surface area contributed by atoms with Crippen molar-refractivity contribution >= 4 is 11.4 Å². The lowest BCUT2D eigenvalue weighted by Crippen LogP contribution is -2.42. The molecule has 3 heterocycles. The van der Waals surface area contributed by atoms with Gasteiger partial charge in [0.05, 0.1) is 24.1 Å². The number of benzene rings is 2. The molecule has 0 bridgehead atoms. The maximum absolute atomic E-state index is 15.2. The highest BCUT2D eigenvalue weighted by Crippen LogP contribution is 2.41. The number of aromatic nitrogens is 2. The zero-order chi connectivity index (χ0) is 30.2. The van der Waals surface area contributed by atoms with E-state index >= 15 is 8.78 Å². The summed E-state index contributed by atoms with van der Waals surface area (Å²) in [6.07, 6.45) is -2.19. The Morgan fingerprint density at radius 1 is 1.02 bits per heavy atom. The molecule has 0 saturated carbocycles. The molecular weight excluding hydrogens is 557 g/mol. The van der Waals surface area contributed by atoms with Gasteiger partial charge in [-0.2, -0.15) is 0 Å². The number of ether oxygens (including phenoxy) is 2. The largest absolute Gasteiger partial charge is 0.573 e. The quantitative estimate of drug-likeness (QED) is 0.310. The van der Waals surface area contributed by atoms with Crippen LogP contribution in [0.5, 0.6) is 11.5 Å². The molecule has 0 aliphatic carbocycles. The van der Waals surface area contributed by atoms with Gasteiger partial charge >= 0.3 is 6.36 Å². The number of alkyl halides is 3. The number of hydrogen-bond acceptors (Lipinski definition) is 7. The van der Waals surface area contributed by atoms with Crippen LogP contribution in [0.3, 0.4) is 0 Å². The Morgan fingerprint density at radius 2 is 1.76 bits per heavy atom. The number of piperidine rings is 1.